The van der Waals surface area contributed by atoms with Crippen molar-refractivity contribution in [1.29, 1.82) is 0 Å². The molecule has 2 nitrogen and oxygen atoms in total. The second kappa shape index (κ2) is 6.21. The van der Waals surface area contributed by atoms with Gasteiger partial charge in [-0.3, -0.25) is 4.99 Å². The predicted molar refractivity (Wildman–Crippen MR) is 81.9 cm³/mol. The molecule has 1 aromatic rings. The minimum absolute atomic E-state index is 0.199. The number of allylic oxidation sites excluding steroid dienone is 1. The van der Waals surface area contributed by atoms with E-state index in [1.165, 1.54) is 11.6 Å². The maximum atomic E-state index is 14.2. The van der Waals surface area contributed by atoms with Crippen LogP contribution in [0.4, 0.5) is 4.39 Å². The van der Waals surface area contributed by atoms with Crippen LogP contribution in [0.5, 0.6) is 5.75 Å². The molecular formula is C17H22FNO. The predicted octanol–water partition coefficient (Wildman–Crippen LogP) is 4.50. The van der Waals surface area contributed by atoms with Crippen LogP contribution in [-0.4, -0.2) is 19.4 Å². The van der Waals surface area contributed by atoms with Gasteiger partial charge in [-0.05, 0) is 48.1 Å². The second-order valence-corrected chi connectivity index (χ2v) is 5.52. The molecule has 1 aliphatic rings. The van der Waals surface area contributed by atoms with Crippen LogP contribution in [0.15, 0.2) is 28.8 Å². The Labute approximate surface area is 120 Å². The molecule has 1 aromatic carbocycles. The number of hydrogen-bond acceptors (Lipinski definition) is 2. The molecule has 0 spiro atoms. The van der Waals surface area contributed by atoms with Gasteiger partial charge in [0.25, 0.3) is 0 Å². The lowest BCUT2D eigenvalue weighted by atomic mass is 9.91. The van der Waals surface area contributed by atoms with E-state index in [0.717, 1.165) is 24.1 Å². The van der Waals surface area contributed by atoms with Gasteiger partial charge in [-0.25, -0.2) is 4.39 Å². The highest BCUT2D eigenvalue weighted by Gasteiger charge is 2.22. The molecule has 0 unspecified atom stereocenters. The Hall–Kier alpha value is -1.64. The summed E-state index contributed by atoms with van der Waals surface area (Å²) in [6, 6.07) is 4.90. The SMILES string of the molecule is CCC1=NCC(c2cc(OC)ccc2F)=C1CC(C)C. The van der Waals surface area contributed by atoms with Gasteiger partial charge in [0, 0.05) is 11.3 Å². The zero-order valence-electron chi connectivity index (χ0n) is 12.7. The summed E-state index contributed by atoms with van der Waals surface area (Å²) in [6.07, 6.45) is 1.84. The van der Waals surface area contributed by atoms with E-state index in [4.69, 9.17) is 4.74 Å². The van der Waals surface area contributed by atoms with Crippen LogP contribution in [0, 0.1) is 11.7 Å². The van der Waals surface area contributed by atoms with Crippen molar-refractivity contribution < 1.29 is 9.13 Å². The molecule has 0 saturated carbocycles. The lowest BCUT2D eigenvalue weighted by molar-refractivity contribution is 0.413. The quantitative estimate of drug-likeness (QED) is 0.775. The van der Waals surface area contributed by atoms with E-state index >= 15 is 0 Å². The molecule has 0 saturated heterocycles. The number of methoxy groups -OCH3 is 1. The third-order valence-electron chi connectivity index (χ3n) is 3.59. The summed E-state index contributed by atoms with van der Waals surface area (Å²) >= 11 is 0. The van der Waals surface area contributed by atoms with E-state index in [0.29, 0.717) is 23.8 Å². The number of halogens is 1. The molecule has 108 valence electrons. The molecule has 0 N–H and O–H groups in total. The summed E-state index contributed by atoms with van der Waals surface area (Å²) in [7, 11) is 1.60. The number of hydrogen-bond donors (Lipinski definition) is 0. The van der Waals surface area contributed by atoms with Crippen LogP contribution in [0.2, 0.25) is 0 Å². The summed E-state index contributed by atoms with van der Waals surface area (Å²) in [6.45, 7) is 7.04. The molecule has 1 heterocycles. The molecule has 0 aromatic heterocycles. The molecule has 0 amide bonds. The Morgan fingerprint density at radius 2 is 2.10 bits per heavy atom. The van der Waals surface area contributed by atoms with Crippen molar-refractivity contribution in [3.63, 3.8) is 0 Å². The van der Waals surface area contributed by atoms with Crippen LogP contribution in [0.1, 0.15) is 39.2 Å². The van der Waals surface area contributed by atoms with E-state index in [1.54, 1.807) is 19.2 Å². The molecule has 0 radical (unpaired) electrons. The van der Waals surface area contributed by atoms with Crippen LogP contribution in [0.25, 0.3) is 5.57 Å². The minimum atomic E-state index is -0.199. The van der Waals surface area contributed by atoms with Crippen molar-refractivity contribution in [2.24, 2.45) is 10.9 Å². The molecule has 0 atom stereocenters. The average Bonchev–Trinajstić information content (AvgIpc) is 2.81. The van der Waals surface area contributed by atoms with Gasteiger partial charge in [-0.15, -0.1) is 0 Å². The van der Waals surface area contributed by atoms with Gasteiger partial charge in [0.1, 0.15) is 11.6 Å². The van der Waals surface area contributed by atoms with E-state index in [-0.39, 0.29) is 5.82 Å². The number of nitrogens with zero attached hydrogens (tertiary/aromatic N) is 1. The summed E-state index contributed by atoms with van der Waals surface area (Å²) in [5.41, 5.74) is 3.99. The fourth-order valence-electron chi connectivity index (χ4n) is 2.62. The van der Waals surface area contributed by atoms with Crippen LogP contribution in [-0.2, 0) is 0 Å². The maximum absolute atomic E-state index is 14.2. The summed E-state index contributed by atoms with van der Waals surface area (Å²) in [4.78, 5) is 4.58. The number of ether oxygens (including phenoxy) is 1. The Balaban J connectivity index is 2.48. The van der Waals surface area contributed by atoms with Gasteiger partial charge >= 0.3 is 0 Å². The maximum Gasteiger partial charge on any atom is 0.131 e. The van der Waals surface area contributed by atoms with Crippen molar-refractivity contribution in [2.45, 2.75) is 33.6 Å². The first kappa shape index (κ1) is 14.8. The first-order valence-electron chi connectivity index (χ1n) is 7.16. The van der Waals surface area contributed by atoms with Crippen LogP contribution >= 0.6 is 0 Å². The second-order valence-electron chi connectivity index (χ2n) is 5.52. The minimum Gasteiger partial charge on any atom is -0.497 e. The lowest BCUT2D eigenvalue weighted by Gasteiger charge is -2.13. The normalized spacial score (nSPS) is 15.0. The highest BCUT2D eigenvalue weighted by atomic mass is 19.1. The fraction of sp³-hybridized carbons (Fsp3) is 0.471. The zero-order chi connectivity index (χ0) is 14.7. The monoisotopic (exact) mass is 275 g/mol. The number of benzene rings is 1. The van der Waals surface area contributed by atoms with Crippen molar-refractivity contribution >= 4 is 11.3 Å². The molecule has 3 heteroatoms. The zero-order valence-corrected chi connectivity index (χ0v) is 12.7. The third-order valence-corrected chi connectivity index (χ3v) is 3.59. The van der Waals surface area contributed by atoms with Gasteiger partial charge in [0.15, 0.2) is 0 Å². The smallest absolute Gasteiger partial charge is 0.131 e. The van der Waals surface area contributed by atoms with Gasteiger partial charge in [-0.2, -0.15) is 0 Å². The largest absolute Gasteiger partial charge is 0.497 e. The summed E-state index contributed by atoms with van der Waals surface area (Å²) in [5.74, 6) is 1.01. The Morgan fingerprint density at radius 1 is 1.35 bits per heavy atom. The van der Waals surface area contributed by atoms with E-state index in [1.807, 2.05) is 0 Å². The Bertz CT molecular complexity index is 558. The molecule has 0 fully saturated rings. The fourth-order valence-corrected chi connectivity index (χ4v) is 2.62. The van der Waals surface area contributed by atoms with E-state index in [9.17, 15) is 4.39 Å². The first-order valence-corrected chi connectivity index (χ1v) is 7.16. The van der Waals surface area contributed by atoms with Crippen molar-refractivity contribution in [1.82, 2.24) is 0 Å². The molecule has 2 rings (SSSR count). The molecule has 0 aliphatic carbocycles. The lowest BCUT2D eigenvalue weighted by Crippen LogP contribution is -2.04. The van der Waals surface area contributed by atoms with Gasteiger partial charge < -0.3 is 4.74 Å². The van der Waals surface area contributed by atoms with E-state index in [2.05, 4.69) is 25.8 Å². The molecule has 20 heavy (non-hydrogen) atoms. The van der Waals surface area contributed by atoms with Crippen molar-refractivity contribution in [3.8, 4) is 5.75 Å². The topological polar surface area (TPSA) is 21.6 Å². The summed E-state index contributed by atoms with van der Waals surface area (Å²) < 4.78 is 19.4. The van der Waals surface area contributed by atoms with Gasteiger partial charge in [0.2, 0.25) is 0 Å². The Kier molecular flexibility index (Phi) is 4.58. The summed E-state index contributed by atoms with van der Waals surface area (Å²) in [5, 5.41) is 0. The van der Waals surface area contributed by atoms with Gasteiger partial charge in [0.05, 0.1) is 13.7 Å². The highest BCUT2D eigenvalue weighted by molar-refractivity contribution is 6.09. The molecular weight excluding hydrogens is 253 g/mol. The van der Waals surface area contributed by atoms with E-state index < -0.39 is 0 Å². The Morgan fingerprint density at radius 3 is 2.70 bits per heavy atom. The first-order chi connectivity index (χ1) is 9.56. The molecule has 0 bridgehead atoms. The van der Waals surface area contributed by atoms with Gasteiger partial charge in [-0.1, -0.05) is 20.8 Å². The standard InChI is InChI=1S/C17H22FNO/c1-5-17-14(8-11(2)3)15(10-19-17)13-9-12(20-4)6-7-16(13)18/h6-7,9,11H,5,8,10H2,1-4H3. The van der Waals surface area contributed by atoms with Crippen molar-refractivity contribution in [3.05, 3.63) is 35.2 Å². The number of rotatable bonds is 5. The van der Waals surface area contributed by atoms with Crippen molar-refractivity contribution in [2.75, 3.05) is 13.7 Å². The highest BCUT2D eigenvalue weighted by Crippen LogP contribution is 2.33. The molecule has 1 aliphatic heterocycles. The van der Waals surface area contributed by atoms with Crippen LogP contribution < -0.4 is 4.74 Å². The number of aliphatic imine (C=N–C) groups is 1. The van der Waals surface area contributed by atoms with Crippen LogP contribution in [0.3, 0.4) is 0 Å². The third kappa shape index (κ3) is 2.92. The average molecular weight is 275 g/mol.